The van der Waals surface area contributed by atoms with Crippen molar-refractivity contribution in [3.8, 4) is 0 Å². The maximum absolute atomic E-state index is 2.42. The van der Waals surface area contributed by atoms with Gasteiger partial charge in [0.2, 0.25) is 0 Å². The quantitative estimate of drug-likeness (QED) is 0.547. The van der Waals surface area contributed by atoms with Crippen molar-refractivity contribution in [1.82, 2.24) is 4.90 Å². The standard InChI is InChI=1S/C10H22N/c1-4-7-9-11(6-3)10-8-5-2/h6H,4-5,7-10H2,1-3H3. The fourth-order valence-corrected chi connectivity index (χ4v) is 1.09. The van der Waals surface area contributed by atoms with Crippen molar-refractivity contribution in [2.45, 2.75) is 46.5 Å². The molecule has 1 nitrogen and oxygen atoms in total. The molecule has 0 aromatic rings. The molecule has 0 bridgehead atoms. The topological polar surface area (TPSA) is 3.24 Å². The first-order valence-electron chi connectivity index (χ1n) is 4.88. The van der Waals surface area contributed by atoms with Crippen LogP contribution in [0.4, 0.5) is 0 Å². The van der Waals surface area contributed by atoms with Crippen LogP contribution in [-0.2, 0) is 0 Å². The Morgan fingerprint density at radius 3 is 1.73 bits per heavy atom. The van der Waals surface area contributed by atoms with Gasteiger partial charge in [-0.15, -0.1) is 0 Å². The Morgan fingerprint density at radius 2 is 1.45 bits per heavy atom. The van der Waals surface area contributed by atoms with Gasteiger partial charge < -0.3 is 0 Å². The number of rotatable bonds is 7. The maximum atomic E-state index is 2.42. The highest BCUT2D eigenvalue weighted by molar-refractivity contribution is 4.62. The smallest absolute Gasteiger partial charge is 0.0220 e. The average molecular weight is 156 g/mol. The van der Waals surface area contributed by atoms with Crippen molar-refractivity contribution < 1.29 is 0 Å². The summed E-state index contributed by atoms with van der Waals surface area (Å²) in [5.41, 5.74) is 0. The van der Waals surface area contributed by atoms with Gasteiger partial charge in [0, 0.05) is 6.54 Å². The Bertz CT molecular complexity index is 63.3. The number of unbranched alkanes of at least 4 members (excludes halogenated alkanes) is 2. The monoisotopic (exact) mass is 156 g/mol. The Morgan fingerprint density at radius 1 is 1.00 bits per heavy atom. The first kappa shape index (κ1) is 11.0. The van der Waals surface area contributed by atoms with Gasteiger partial charge in [0.25, 0.3) is 0 Å². The van der Waals surface area contributed by atoms with E-state index in [4.69, 9.17) is 0 Å². The number of nitrogens with zero attached hydrogens (tertiary/aromatic N) is 1. The SMILES string of the molecule is C[CH]N(CCCC)CCCC. The summed E-state index contributed by atoms with van der Waals surface area (Å²) in [7, 11) is 0. The van der Waals surface area contributed by atoms with Crippen LogP contribution in [0, 0.1) is 6.54 Å². The van der Waals surface area contributed by atoms with Crippen LogP contribution in [0.2, 0.25) is 0 Å². The zero-order valence-corrected chi connectivity index (χ0v) is 8.27. The minimum atomic E-state index is 1.24. The third-order valence-electron chi connectivity index (χ3n) is 1.96. The van der Waals surface area contributed by atoms with Gasteiger partial charge >= 0.3 is 0 Å². The van der Waals surface area contributed by atoms with Crippen molar-refractivity contribution in [2.24, 2.45) is 0 Å². The minimum absolute atomic E-state index is 1.24. The van der Waals surface area contributed by atoms with Gasteiger partial charge in [-0.2, -0.15) is 0 Å². The summed E-state index contributed by atoms with van der Waals surface area (Å²) >= 11 is 0. The van der Waals surface area contributed by atoms with Gasteiger partial charge in [0.15, 0.2) is 0 Å². The molecule has 0 saturated heterocycles. The van der Waals surface area contributed by atoms with Crippen LogP contribution in [0.25, 0.3) is 0 Å². The molecule has 67 valence electrons. The zero-order valence-electron chi connectivity index (χ0n) is 8.27. The van der Waals surface area contributed by atoms with Crippen LogP contribution in [0.1, 0.15) is 46.5 Å². The van der Waals surface area contributed by atoms with Gasteiger partial charge in [-0.05, 0) is 32.9 Å². The molecule has 0 saturated carbocycles. The van der Waals surface area contributed by atoms with Crippen LogP contribution in [0.15, 0.2) is 0 Å². The van der Waals surface area contributed by atoms with Gasteiger partial charge in [0.1, 0.15) is 0 Å². The zero-order chi connectivity index (χ0) is 8.53. The predicted molar refractivity (Wildman–Crippen MR) is 51.4 cm³/mol. The molecule has 0 fully saturated rings. The lowest BCUT2D eigenvalue weighted by atomic mass is 10.2. The Kier molecular flexibility index (Phi) is 8.03. The molecule has 0 aliphatic rings. The summed E-state index contributed by atoms with van der Waals surface area (Å²) in [5.74, 6) is 0. The molecule has 0 atom stereocenters. The van der Waals surface area contributed by atoms with Crippen LogP contribution >= 0.6 is 0 Å². The molecule has 0 aromatic carbocycles. The van der Waals surface area contributed by atoms with E-state index in [1.54, 1.807) is 0 Å². The van der Waals surface area contributed by atoms with E-state index in [0.29, 0.717) is 0 Å². The fraction of sp³-hybridized carbons (Fsp3) is 0.900. The second-order valence-electron chi connectivity index (χ2n) is 3.00. The summed E-state index contributed by atoms with van der Waals surface area (Å²) in [5, 5.41) is 0. The van der Waals surface area contributed by atoms with Crippen molar-refractivity contribution in [2.75, 3.05) is 13.1 Å². The van der Waals surface area contributed by atoms with Gasteiger partial charge in [0.05, 0.1) is 0 Å². The molecule has 0 rings (SSSR count). The molecule has 0 unspecified atom stereocenters. The predicted octanol–water partition coefficient (Wildman–Crippen LogP) is 3.07. The molecule has 0 N–H and O–H groups in total. The highest BCUT2D eigenvalue weighted by atomic mass is 15.1. The minimum Gasteiger partial charge on any atom is -0.299 e. The van der Waals surface area contributed by atoms with Crippen LogP contribution in [0.3, 0.4) is 0 Å². The Balaban J connectivity index is 3.25. The molecule has 0 heterocycles. The first-order valence-corrected chi connectivity index (χ1v) is 4.88. The van der Waals surface area contributed by atoms with Crippen LogP contribution in [-0.4, -0.2) is 18.0 Å². The third kappa shape index (κ3) is 6.36. The lowest BCUT2D eigenvalue weighted by Gasteiger charge is -2.18. The van der Waals surface area contributed by atoms with E-state index in [0.717, 1.165) is 0 Å². The molecule has 11 heavy (non-hydrogen) atoms. The lowest BCUT2D eigenvalue weighted by molar-refractivity contribution is 0.325. The van der Waals surface area contributed by atoms with E-state index >= 15 is 0 Å². The molecule has 0 amide bonds. The molecular formula is C10H22N. The normalized spacial score (nSPS) is 10.9. The summed E-state index contributed by atoms with van der Waals surface area (Å²) in [6.07, 6.45) is 5.26. The average Bonchev–Trinajstić information content (AvgIpc) is 2.05. The van der Waals surface area contributed by atoms with E-state index < -0.39 is 0 Å². The number of hydrogen-bond acceptors (Lipinski definition) is 1. The summed E-state index contributed by atoms with van der Waals surface area (Å²) in [6, 6.07) is 0. The molecule has 0 spiro atoms. The highest BCUT2D eigenvalue weighted by Gasteiger charge is 1.99. The van der Waals surface area contributed by atoms with E-state index in [9.17, 15) is 0 Å². The Labute approximate surface area is 71.8 Å². The van der Waals surface area contributed by atoms with Crippen molar-refractivity contribution in [3.05, 3.63) is 6.54 Å². The summed E-state index contributed by atoms with van der Waals surface area (Å²) < 4.78 is 0. The van der Waals surface area contributed by atoms with Crippen molar-refractivity contribution in [1.29, 1.82) is 0 Å². The largest absolute Gasteiger partial charge is 0.299 e. The van der Waals surface area contributed by atoms with E-state index in [1.807, 2.05) is 0 Å². The van der Waals surface area contributed by atoms with Crippen molar-refractivity contribution >= 4 is 0 Å². The van der Waals surface area contributed by atoms with E-state index in [-0.39, 0.29) is 0 Å². The van der Waals surface area contributed by atoms with E-state index in [2.05, 4.69) is 32.2 Å². The Hall–Kier alpha value is -0.0400. The highest BCUT2D eigenvalue weighted by Crippen LogP contribution is 2.00. The van der Waals surface area contributed by atoms with Gasteiger partial charge in [-0.1, -0.05) is 26.7 Å². The van der Waals surface area contributed by atoms with E-state index in [1.165, 1.54) is 38.8 Å². The third-order valence-corrected chi connectivity index (χ3v) is 1.96. The van der Waals surface area contributed by atoms with Crippen molar-refractivity contribution in [3.63, 3.8) is 0 Å². The molecule has 1 radical (unpaired) electrons. The first-order chi connectivity index (χ1) is 5.35. The second-order valence-corrected chi connectivity index (χ2v) is 3.00. The molecule has 1 heteroatoms. The number of hydrogen-bond donors (Lipinski definition) is 0. The molecule has 0 aliphatic carbocycles. The fourth-order valence-electron chi connectivity index (χ4n) is 1.09. The summed E-state index contributed by atoms with van der Waals surface area (Å²) in [6.45, 7) is 11.3. The molecule has 0 aromatic heterocycles. The van der Waals surface area contributed by atoms with Gasteiger partial charge in [-0.25, -0.2) is 0 Å². The summed E-state index contributed by atoms with van der Waals surface area (Å²) in [4.78, 5) is 2.42. The van der Waals surface area contributed by atoms with Crippen LogP contribution < -0.4 is 0 Å². The van der Waals surface area contributed by atoms with Gasteiger partial charge in [-0.3, -0.25) is 4.90 Å². The maximum Gasteiger partial charge on any atom is 0.0220 e. The second kappa shape index (κ2) is 8.06. The van der Waals surface area contributed by atoms with Crippen LogP contribution in [0.5, 0.6) is 0 Å². The lowest BCUT2D eigenvalue weighted by Crippen LogP contribution is -2.21. The molecule has 0 aliphatic heterocycles. The molecular weight excluding hydrogens is 134 g/mol.